The van der Waals surface area contributed by atoms with E-state index < -0.39 is 24.5 Å². The van der Waals surface area contributed by atoms with E-state index in [2.05, 4.69) is 31.9 Å². The number of alkyl halides is 3. The highest BCUT2D eigenvalue weighted by atomic mass is 79.9. The predicted molar refractivity (Wildman–Crippen MR) is 62.9 cm³/mol. The molecule has 0 fully saturated rings. The van der Waals surface area contributed by atoms with Gasteiger partial charge in [0.15, 0.2) is 0 Å². The topological polar surface area (TPSA) is 37.3 Å². The standard InChI is InChI=1S/C10H7Br2F3O2/c11-7-2-1-5(3-8(7)12)6(4-9(16)17)10(13,14)15/h1-3,6H,4H2,(H,16,17). The maximum absolute atomic E-state index is 12.7. The minimum atomic E-state index is -4.58. The van der Waals surface area contributed by atoms with Crippen LogP contribution >= 0.6 is 31.9 Å². The number of hydrogen-bond acceptors (Lipinski definition) is 1. The van der Waals surface area contributed by atoms with Crippen LogP contribution in [0.2, 0.25) is 0 Å². The third kappa shape index (κ3) is 3.99. The molecule has 0 aromatic heterocycles. The van der Waals surface area contributed by atoms with Gasteiger partial charge in [-0.2, -0.15) is 13.2 Å². The molecule has 1 N–H and O–H groups in total. The van der Waals surface area contributed by atoms with Crippen molar-refractivity contribution in [3.8, 4) is 0 Å². The molecule has 1 aromatic rings. The van der Waals surface area contributed by atoms with Crippen LogP contribution in [0.15, 0.2) is 27.1 Å². The average Bonchev–Trinajstić information content (AvgIpc) is 2.17. The number of hydrogen-bond donors (Lipinski definition) is 1. The maximum Gasteiger partial charge on any atom is 0.396 e. The molecule has 1 unspecified atom stereocenters. The van der Waals surface area contributed by atoms with Crippen molar-refractivity contribution in [1.29, 1.82) is 0 Å². The van der Waals surface area contributed by atoms with Gasteiger partial charge in [-0.1, -0.05) is 6.07 Å². The third-order valence-electron chi connectivity index (χ3n) is 2.12. The fourth-order valence-electron chi connectivity index (χ4n) is 1.33. The van der Waals surface area contributed by atoms with Gasteiger partial charge in [0.25, 0.3) is 0 Å². The van der Waals surface area contributed by atoms with E-state index in [1.807, 2.05) is 0 Å². The zero-order chi connectivity index (χ0) is 13.2. The summed E-state index contributed by atoms with van der Waals surface area (Å²) < 4.78 is 39.2. The fraction of sp³-hybridized carbons (Fsp3) is 0.300. The third-order valence-corrected chi connectivity index (χ3v) is 4.00. The zero-order valence-corrected chi connectivity index (χ0v) is 11.4. The van der Waals surface area contributed by atoms with Gasteiger partial charge >= 0.3 is 12.1 Å². The first kappa shape index (κ1) is 14.5. The summed E-state index contributed by atoms with van der Waals surface area (Å²) in [5, 5.41) is 8.51. The van der Waals surface area contributed by atoms with Gasteiger partial charge in [0, 0.05) is 8.95 Å². The largest absolute Gasteiger partial charge is 0.481 e. The van der Waals surface area contributed by atoms with Crippen LogP contribution in [0.3, 0.4) is 0 Å². The van der Waals surface area contributed by atoms with E-state index in [0.717, 1.165) is 0 Å². The molecule has 94 valence electrons. The van der Waals surface area contributed by atoms with Crippen molar-refractivity contribution in [1.82, 2.24) is 0 Å². The van der Waals surface area contributed by atoms with E-state index >= 15 is 0 Å². The SMILES string of the molecule is O=C(O)CC(c1ccc(Br)c(Br)c1)C(F)(F)F. The number of benzene rings is 1. The molecule has 0 radical (unpaired) electrons. The summed E-state index contributed by atoms with van der Waals surface area (Å²) in [7, 11) is 0. The van der Waals surface area contributed by atoms with Crippen LogP contribution in [-0.4, -0.2) is 17.3 Å². The van der Waals surface area contributed by atoms with E-state index in [4.69, 9.17) is 5.11 Å². The number of rotatable bonds is 3. The zero-order valence-electron chi connectivity index (χ0n) is 8.26. The van der Waals surface area contributed by atoms with E-state index in [0.29, 0.717) is 8.95 Å². The van der Waals surface area contributed by atoms with Crippen LogP contribution in [0.1, 0.15) is 17.9 Å². The molecule has 0 amide bonds. The molecule has 1 rings (SSSR count). The molecule has 0 aliphatic carbocycles. The van der Waals surface area contributed by atoms with Gasteiger partial charge in [0.05, 0.1) is 12.3 Å². The Morgan fingerprint density at radius 2 is 1.88 bits per heavy atom. The monoisotopic (exact) mass is 374 g/mol. The summed E-state index contributed by atoms with van der Waals surface area (Å²) >= 11 is 6.22. The molecule has 0 saturated carbocycles. The summed E-state index contributed by atoms with van der Waals surface area (Å²) in [5.74, 6) is -3.48. The number of carbonyl (C=O) groups is 1. The maximum atomic E-state index is 12.7. The minimum Gasteiger partial charge on any atom is -0.481 e. The first-order valence-electron chi connectivity index (χ1n) is 4.45. The van der Waals surface area contributed by atoms with E-state index in [9.17, 15) is 18.0 Å². The van der Waals surface area contributed by atoms with Crippen molar-refractivity contribution in [2.24, 2.45) is 0 Å². The Hall–Kier alpha value is -0.560. The average molecular weight is 376 g/mol. The Balaban J connectivity index is 3.13. The molecule has 0 aliphatic heterocycles. The Kier molecular flexibility index (Phi) is 4.60. The molecular formula is C10H7Br2F3O2. The van der Waals surface area contributed by atoms with E-state index in [1.165, 1.54) is 18.2 Å². The summed E-state index contributed by atoms with van der Waals surface area (Å²) in [6, 6.07) is 3.97. The highest BCUT2D eigenvalue weighted by molar-refractivity contribution is 9.13. The van der Waals surface area contributed by atoms with Crippen LogP contribution in [0.5, 0.6) is 0 Å². The molecule has 0 aliphatic rings. The second-order valence-corrected chi connectivity index (χ2v) is 5.07. The molecule has 17 heavy (non-hydrogen) atoms. The molecule has 1 atom stereocenters. The van der Waals surface area contributed by atoms with E-state index in [1.54, 1.807) is 0 Å². The van der Waals surface area contributed by atoms with Gasteiger partial charge in [-0.15, -0.1) is 0 Å². The molecular weight excluding hydrogens is 369 g/mol. The van der Waals surface area contributed by atoms with Crippen molar-refractivity contribution >= 4 is 37.8 Å². The van der Waals surface area contributed by atoms with Crippen LogP contribution in [-0.2, 0) is 4.79 Å². The highest BCUT2D eigenvalue weighted by Gasteiger charge is 2.42. The van der Waals surface area contributed by atoms with E-state index in [-0.39, 0.29) is 5.56 Å². The summed E-state index contributed by atoms with van der Waals surface area (Å²) in [6.45, 7) is 0. The van der Waals surface area contributed by atoms with Crippen molar-refractivity contribution in [2.75, 3.05) is 0 Å². The predicted octanol–water partition coefficient (Wildman–Crippen LogP) is 4.33. The Morgan fingerprint density at radius 1 is 1.29 bits per heavy atom. The summed E-state index contributed by atoms with van der Waals surface area (Å²) in [5.41, 5.74) is -0.0741. The number of halogens is 5. The number of carboxylic acid groups (broad SMARTS) is 1. The molecule has 0 bridgehead atoms. The van der Waals surface area contributed by atoms with Crippen LogP contribution in [0, 0.1) is 0 Å². The van der Waals surface area contributed by atoms with Gasteiger partial charge in [0.1, 0.15) is 0 Å². The molecule has 2 nitrogen and oxygen atoms in total. The second kappa shape index (κ2) is 5.39. The molecule has 0 saturated heterocycles. The lowest BCUT2D eigenvalue weighted by Crippen LogP contribution is -2.23. The molecule has 7 heteroatoms. The van der Waals surface area contributed by atoms with Crippen LogP contribution < -0.4 is 0 Å². The Bertz CT molecular complexity index is 432. The highest BCUT2D eigenvalue weighted by Crippen LogP contribution is 2.39. The molecule has 0 spiro atoms. The van der Waals surface area contributed by atoms with Crippen LogP contribution in [0.4, 0.5) is 13.2 Å². The number of carboxylic acids is 1. The fourth-order valence-corrected chi connectivity index (χ4v) is 1.97. The molecule has 0 heterocycles. The normalized spacial score (nSPS) is 13.5. The Labute approximate surface area is 112 Å². The van der Waals surface area contributed by atoms with Gasteiger partial charge in [0.2, 0.25) is 0 Å². The van der Waals surface area contributed by atoms with Crippen LogP contribution in [0.25, 0.3) is 0 Å². The van der Waals surface area contributed by atoms with Gasteiger partial charge in [-0.25, -0.2) is 0 Å². The lowest BCUT2D eigenvalue weighted by atomic mass is 9.95. The summed E-state index contributed by atoms with van der Waals surface area (Å²) in [4.78, 5) is 10.5. The van der Waals surface area contributed by atoms with Gasteiger partial charge in [-0.05, 0) is 49.6 Å². The number of aliphatic carboxylic acids is 1. The van der Waals surface area contributed by atoms with Crippen molar-refractivity contribution in [2.45, 2.75) is 18.5 Å². The first-order chi connectivity index (χ1) is 7.71. The van der Waals surface area contributed by atoms with Gasteiger partial charge in [-0.3, -0.25) is 4.79 Å². The quantitative estimate of drug-likeness (QED) is 0.853. The first-order valence-corrected chi connectivity index (χ1v) is 6.04. The summed E-state index contributed by atoms with van der Waals surface area (Å²) in [6.07, 6.45) is -5.55. The Morgan fingerprint density at radius 3 is 2.29 bits per heavy atom. The molecule has 1 aromatic carbocycles. The lowest BCUT2D eigenvalue weighted by molar-refractivity contribution is -0.163. The van der Waals surface area contributed by atoms with Crippen molar-refractivity contribution in [3.63, 3.8) is 0 Å². The second-order valence-electron chi connectivity index (χ2n) is 3.37. The lowest BCUT2D eigenvalue weighted by Gasteiger charge is -2.19. The van der Waals surface area contributed by atoms with Crippen molar-refractivity contribution < 1.29 is 23.1 Å². The smallest absolute Gasteiger partial charge is 0.396 e. The minimum absolute atomic E-state index is 0.0741. The van der Waals surface area contributed by atoms with Gasteiger partial charge < -0.3 is 5.11 Å². The van der Waals surface area contributed by atoms with Crippen molar-refractivity contribution in [3.05, 3.63) is 32.7 Å².